The van der Waals surface area contributed by atoms with Crippen molar-refractivity contribution in [2.24, 2.45) is 0 Å². The van der Waals surface area contributed by atoms with Crippen LogP contribution in [0.15, 0.2) is 46.4 Å². The first-order chi connectivity index (χ1) is 5.86. The molecule has 1 heterocycles. The largest absolute Gasteiger partial charge is 0.508 e. The van der Waals surface area contributed by atoms with E-state index in [0.29, 0.717) is 5.76 Å². The van der Waals surface area contributed by atoms with Gasteiger partial charge in [0.05, 0.1) is 0 Å². The summed E-state index contributed by atoms with van der Waals surface area (Å²) < 4.78 is 0. The molecule has 1 aliphatic heterocycles. The first-order valence-electron chi connectivity index (χ1n) is 3.69. The van der Waals surface area contributed by atoms with Crippen molar-refractivity contribution in [1.29, 1.82) is 0 Å². The normalized spacial score (nSPS) is 14.8. The average Bonchev–Trinajstić information content (AvgIpc) is 2.25. The third-order valence-electron chi connectivity index (χ3n) is 1.66. The van der Waals surface area contributed by atoms with Crippen LogP contribution in [0.2, 0.25) is 0 Å². The molecule has 0 bridgehead atoms. The lowest BCUT2D eigenvalue weighted by Gasteiger charge is -1.98. The highest BCUT2D eigenvalue weighted by Crippen LogP contribution is 2.28. The summed E-state index contributed by atoms with van der Waals surface area (Å²) >= 11 is 1.62. The van der Waals surface area contributed by atoms with Crippen LogP contribution >= 0.6 is 11.8 Å². The molecule has 0 aliphatic carbocycles. The molecule has 0 aromatic heterocycles. The number of thioether (sulfide) groups is 1. The second-order valence-electron chi connectivity index (χ2n) is 2.53. The highest BCUT2D eigenvalue weighted by Gasteiger charge is 2.01. The van der Waals surface area contributed by atoms with Gasteiger partial charge in [0.1, 0.15) is 5.76 Å². The van der Waals surface area contributed by atoms with E-state index in [4.69, 9.17) is 0 Å². The van der Waals surface area contributed by atoms with Crippen LogP contribution in [0.3, 0.4) is 0 Å². The summed E-state index contributed by atoms with van der Waals surface area (Å²) in [6.07, 6.45) is 3.47. The van der Waals surface area contributed by atoms with Gasteiger partial charge in [-0.25, -0.2) is 0 Å². The fourth-order valence-corrected chi connectivity index (χ4v) is 1.87. The number of fused-ring (bicyclic) bond motifs is 1. The van der Waals surface area contributed by atoms with Crippen LogP contribution in [0.4, 0.5) is 0 Å². The highest BCUT2D eigenvalue weighted by atomic mass is 32.2. The van der Waals surface area contributed by atoms with E-state index in [1.165, 1.54) is 4.90 Å². The van der Waals surface area contributed by atoms with Gasteiger partial charge in [-0.3, -0.25) is 0 Å². The molecule has 0 unspecified atom stereocenters. The van der Waals surface area contributed by atoms with Gasteiger partial charge < -0.3 is 5.11 Å². The maximum absolute atomic E-state index is 9.30. The number of aliphatic hydroxyl groups is 1. The summed E-state index contributed by atoms with van der Waals surface area (Å²) in [5.74, 6) is 0.312. The van der Waals surface area contributed by atoms with Crippen molar-refractivity contribution in [2.45, 2.75) is 4.90 Å². The SMILES string of the molecule is OC1=Cc2ccccc2SC=C1. The van der Waals surface area contributed by atoms with Gasteiger partial charge in [-0.2, -0.15) is 0 Å². The Bertz CT molecular complexity index is 353. The molecular weight excluding hydrogens is 168 g/mol. The lowest BCUT2D eigenvalue weighted by atomic mass is 10.2. The van der Waals surface area contributed by atoms with E-state index in [1.54, 1.807) is 23.9 Å². The molecule has 0 spiro atoms. The maximum Gasteiger partial charge on any atom is 0.116 e. The monoisotopic (exact) mass is 176 g/mol. The van der Waals surface area contributed by atoms with Crippen LogP contribution in [-0.4, -0.2) is 5.11 Å². The van der Waals surface area contributed by atoms with Crippen LogP contribution in [0.5, 0.6) is 0 Å². The number of rotatable bonds is 0. The summed E-state index contributed by atoms with van der Waals surface area (Å²) in [6.45, 7) is 0. The van der Waals surface area contributed by atoms with Crippen LogP contribution in [0.1, 0.15) is 5.56 Å². The van der Waals surface area contributed by atoms with Gasteiger partial charge >= 0.3 is 0 Å². The van der Waals surface area contributed by atoms with E-state index in [-0.39, 0.29) is 0 Å². The predicted octanol–water partition coefficient (Wildman–Crippen LogP) is 3.20. The number of allylic oxidation sites excluding steroid dienone is 1. The van der Waals surface area contributed by atoms with Crippen LogP contribution < -0.4 is 0 Å². The van der Waals surface area contributed by atoms with Crippen LogP contribution in [0, 0.1) is 0 Å². The molecule has 0 radical (unpaired) electrons. The lowest BCUT2D eigenvalue weighted by molar-refractivity contribution is 0.438. The van der Waals surface area contributed by atoms with Crippen molar-refractivity contribution in [1.82, 2.24) is 0 Å². The molecule has 2 heteroatoms. The molecule has 1 aliphatic rings. The minimum absolute atomic E-state index is 0.312. The zero-order chi connectivity index (χ0) is 8.39. The third-order valence-corrected chi connectivity index (χ3v) is 2.55. The van der Waals surface area contributed by atoms with Crippen molar-refractivity contribution in [2.75, 3.05) is 0 Å². The fourth-order valence-electron chi connectivity index (χ4n) is 1.09. The Labute approximate surface area is 75.4 Å². The van der Waals surface area contributed by atoms with Gasteiger partial charge in [-0.15, -0.1) is 0 Å². The molecule has 0 saturated heterocycles. The Kier molecular flexibility index (Phi) is 1.92. The molecule has 0 fully saturated rings. The minimum Gasteiger partial charge on any atom is -0.508 e. The molecule has 1 N–H and O–H groups in total. The minimum atomic E-state index is 0.312. The molecule has 12 heavy (non-hydrogen) atoms. The first-order valence-corrected chi connectivity index (χ1v) is 4.57. The lowest BCUT2D eigenvalue weighted by Crippen LogP contribution is -1.76. The van der Waals surface area contributed by atoms with Crippen molar-refractivity contribution < 1.29 is 5.11 Å². The Morgan fingerprint density at radius 3 is 2.92 bits per heavy atom. The summed E-state index contributed by atoms with van der Waals surface area (Å²) in [5.41, 5.74) is 1.07. The number of benzene rings is 1. The smallest absolute Gasteiger partial charge is 0.116 e. The number of hydrogen-bond acceptors (Lipinski definition) is 2. The average molecular weight is 176 g/mol. The first kappa shape index (κ1) is 7.50. The third kappa shape index (κ3) is 1.38. The standard InChI is InChI=1S/C10H8OS/c11-9-5-6-12-10-4-2-1-3-8(10)7-9/h1-7,11H. The van der Waals surface area contributed by atoms with Gasteiger partial charge in [0.2, 0.25) is 0 Å². The molecule has 1 nitrogen and oxygen atoms in total. The Morgan fingerprint density at radius 2 is 2.00 bits per heavy atom. The fraction of sp³-hybridized carbons (Fsp3) is 0. The van der Waals surface area contributed by atoms with Crippen molar-refractivity contribution in [3.05, 3.63) is 47.1 Å². The van der Waals surface area contributed by atoms with Gasteiger partial charge in [-0.1, -0.05) is 30.0 Å². The highest BCUT2D eigenvalue weighted by molar-refractivity contribution is 8.02. The van der Waals surface area contributed by atoms with E-state index >= 15 is 0 Å². The van der Waals surface area contributed by atoms with Gasteiger partial charge in [0.25, 0.3) is 0 Å². The zero-order valence-corrected chi connectivity index (χ0v) is 7.21. The van der Waals surface area contributed by atoms with Crippen LogP contribution in [0.25, 0.3) is 6.08 Å². The summed E-state index contributed by atoms with van der Waals surface area (Å²) in [5, 5.41) is 11.2. The predicted molar refractivity (Wildman–Crippen MR) is 52.0 cm³/mol. The Hall–Kier alpha value is -1.15. The van der Waals surface area contributed by atoms with Crippen LogP contribution in [-0.2, 0) is 0 Å². The van der Waals surface area contributed by atoms with Gasteiger partial charge in [0.15, 0.2) is 0 Å². The number of hydrogen-bond donors (Lipinski definition) is 1. The molecule has 0 amide bonds. The summed E-state index contributed by atoms with van der Waals surface area (Å²) in [6, 6.07) is 8.00. The topological polar surface area (TPSA) is 20.2 Å². The molecule has 0 saturated carbocycles. The maximum atomic E-state index is 9.30. The molecule has 0 atom stereocenters. The van der Waals surface area contributed by atoms with Crippen molar-refractivity contribution >= 4 is 17.8 Å². The molecule has 2 rings (SSSR count). The molecule has 60 valence electrons. The van der Waals surface area contributed by atoms with Crippen molar-refractivity contribution in [3.63, 3.8) is 0 Å². The van der Waals surface area contributed by atoms with E-state index < -0.39 is 0 Å². The molecular formula is C10H8OS. The summed E-state index contributed by atoms with van der Waals surface area (Å²) in [7, 11) is 0. The number of aliphatic hydroxyl groups excluding tert-OH is 1. The van der Waals surface area contributed by atoms with E-state index in [1.807, 2.05) is 29.7 Å². The Balaban J connectivity index is 2.54. The summed E-state index contributed by atoms with van der Waals surface area (Å²) in [4.78, 5) is 1.18. The molecule has 1 aromatic carbocycles. The second-order valence-corrected chi connectivity index (χ2v) is 3.48. The van der Waals surface area contributed by atoms with Gasteiger partial charge in [0, 0.05) is 4.90 Å². The van der Waals surface area contributed by atoms with Gasteiger partial charge in [-0.05, 0) is 29.2 Å². The van der Waals surface area contributed by atoms with E-state index in [9.17, 15) is 5.11 Å². The second kappa shape index (κ2) is 3.07. The van der Waals surface area contributed by atoms with E-state index in [2.05, 4.69) is 0 Å². The quantitative estimate of drug-likeness (QED) is 0.655. The van der Waals surface area contributed by atoms with E-state index in [0.717, 1.165) is 5.56 Å². The zero-order valence-electron chi connectivity index (χ0n) is 6.40. The van der Waals surface area contributed by atoms with Crippen molar-refractivity contribution in [3.8, 4) is 0 Å². The Morgan fingerprint density at radius 1 is 1.17 bits per heavy atom. The molecule has 1 aromatic rings.